The molecule has 0 unspecified atom stereocenters. The Morgan fingerprint density at radius 2 is 2.17 bits per heavy atom. The summed E-state index contributed by atoms with van der Waals surface area (Å²) in [6.07, 6.45) is -1.73. The number of hydrogen-bond acceptors (Lipinski definition) is 4. The number of aryl methyl sites for hydroxylation is 1. The summed E-state index contributed by atoms with van der Waals surface area (Å²) in [4.78, 5) is 15.1. The Hall–Kier alpha value is -1.72. The predicted molar refractivity (Wildman–Crippen MR) is 60.8 cm³/mol. The molecule has 0 fully saturated rings. The number of carbonyl (C=O) groups excluding carboxylic acids is 1. The zero-order valence-electron chi connectivity index (χ0n) is 10.5. The van der Waals surface area contributed by atoms with Gasteiger partial charge in [-0.1, -0.05) is 0 Å². The van der Waals surface area contributed by atoms with E-state index in [-0.39, 0.29) is 24.3 Å². The lowest BCUT2D eigenvalue weighted by atomic mass is 10.1. The second-order valence-corrected chi connectivity index (χ2v) is 3.62. The molecule has 1 aromatic heterocycles. The monoisotopic (exact) mass is 259 g/mol. The molecule has 6 heteroatoms. The second kappa shape index (κ2) is 6.28. The van der Waals surface area contributed by atoms with E-state index in [1.165, 1.54) is 13.3 Å². The molecule has 0 amide bonds. The number of hydrogen-bond donors (Lipinski definition) is 0. The van der Waals surface area contributed by atoms with Gasteiger partial charge in [-0.05, 0) is 13.8 Å². The van der Waals surface area contributed by atoms with Crippen LogP contribution in [-0.4, -0.2) is 24.7 Å². The SMILES string of the molecule is CCOC(=O)Cc1c(C(F)F)ncc(C)c1OC. The van der Waals surface area contributed by atoms with E-state index in [2.05, 4.69) is 4.98 Å². The number of pyridine rings is 1. The van der Waals surface area contributed by atoms with E-state index in [0.29, 0.717) is 5.56 Å². The molecule has 1 rings (SSSR count). The minimum absolute atomic E-state index is 0.0888. The van der Waals surface area contributed by atoms with E-state index in [1.807, 2.05) is 0 Å². The molecule has 18 heavy (non-hydrogen) atoms. The fourth-order valence-corrected chi connectivity index (χ4v) is 1.66. The van der Waals surface area contributed by atoms with Gasteiger partial charge in [0.05, 0.1) is 20.1 Å². The van der Waals surface area contributed by atoms with Crippen LogP contribution in [0.15, 0.2) is 6.20 Å². The van der Waals surface area contributed by atoms with E-state index in [0.717, 1.165) is 0 Å². The van der Waals surface area contributed by atoms with Crippen LogP contribution >= 0.6 is 0 Å². The fraction of sp³-hybridized carbons (Fsp3) is 0.500. The number of rotatable bonds is 5. The third-order valence-corrected chi connectivity index (χ3v) is 2.38. The second-order valence-electron chi connectivity index (χ2n) is 3.62. The Balaban J connectivity index is 3.19. The molecular formula is C12H15F2NO3. The molecule has 100 valence electrons. The van der Waals surface area contributed by atoms with Crippen molar-refractivity contribution in [2.24, 2.45) is 0 Å². The van der Waals surface area contributed by atoms with Crippen molar-refractivity contribution in [1.29, 1.82) is 0 Å². The number of ether oxygens (including phenoxy) is 2. The highest BCUT2D eigenvalue weighted by Crippen LogP contribution is 2.31. The highest BCUT2D eigenvalue weighted by atomic mass is 19.3. The number of esters is 1. The first kappa shape index (κ1) is 14.3. The van der Waals surface area contributed by atoms with E-state index in [1.54, 1.807) is 13.8 Å². The minimum Gasteiger partial charge on any atom is -0.496 e. The lowest BCUT2D eigenvalue weighted by Crippen LogP contribution is -2.12. The average molecular weight is 259 g/mol. The number of nitrogens with zero attached hydrogens (tertiary/aromatic N) is 1. The highest BCUT2D eigenvalue weighted by Gasteiger charge is 2.22. The first-order chi connectivity index (χ1) is 8.51. The van der Waals surface area contributed by atoms with Gasteiger partial charge in [0.2, 0.25) is 0 Å². The van der Waals surface area contributed by atoms with Crippen molar-refractivity contribution in [2.75, 3.05) is 13.7 Å². The van der Waals surface area contributed by atoms with E-state index < -0.39 is 18.1 Å². The maximum Gasteiger partial charge on any atom is 0.310 e. The van der Waals surface area contributed by atoms with Crippen molar-refractivity contribution in [3.05, 3.63) is 23.0 Å². The number of methoxy groups -OCH3 is 1. The van der Waals surface area contributed by atoms with Crippen molar-refractivity contribution in [1.82, 2.24) is 4.98 Å². The van der Waals surface area contributed by atoms with Crippen LogP contribution in [0.5, 0.6) is 5.75 Å². The van der Waals surface area contributed by atoms with Crippen LogP contribution in [0.4, 0.5) is 8.78 Å². The molecule has 0 aliphatic carbocycles. The maximum absolute atomic E-state index is 12.8. The fourth-order valence-electron chi connectivity index (χ4n) is 1.66. The molecule has 0 bridgehead atoms. The molecule has 1 aromatic rings. The van der Waals surface area contributed by atoms with Crippen molar-refractivity contribution < 1.29 is 23.0 Å². The third-order valence-electron chi connectivity index (χ3n) is 2.38. The molecule has 1 heterocycles. The molecule has 4 nitrogen and oxygen atoms in total. The van der Waals surface area contributed by atoms with Crippen molar-refractivity contribution in [2.45, 2.75) is 26.7 Å². The highest BCUT2D eigenvalue weighted by molar-refractivity contribution is 5.74. The Labute approximate surface area is 104 Å². The number of carbonyl (C=O) groups is 1. The zero-order chi connectivity index (χ0) is 13.7. The summed E-state index contributed by atoms with van der Waals surface area (Å²) in [6, 6.07) is 0. The van der Waals surface area contributed by atoms with Gasteiger partial charge >= 0.3 is 5.97 Å². The minimum atomic E-state index is -2.76. The molecule has 0 radical (unpaired) electrons. The van der Waals surface area contributed by atoms with Crippen LogP contribution in [0.1, 0.15) is 30.2 Å². The Morgan fingerprint density at radius 1 is 1.50 bits per heavy atom. The average Bonchev–Trinajstić information content (AvgIpc) is 2.29. The largest absolute Gasteiger partial charge is 0.496 e. The molecule has 0 atom stereocenters. The Bertz CT molecular complexity index is 436. The van der Waals surface area contributed by atoms with Crippen LogP contribution in [0, 0.1) is 6.92 Å². The first-order valence-corrected chi connectivity index (χ1v) is 5.47. The van der Waals surface area contributed by atoms with Crippen LogP contribution in [-0.2, 0) is 16.0 Å². The number of alkyl halides is 2. The molecule has 0 spiro atoms. The maximum atomic E-state index is 12.8. The quantitative estimate of drug-likeness (QED) is 0.762. The van der Waals surface area contributed by atoms with E-state index >= 15 is 0 Å². The van der Waals surface area contributed by atoms with E-state index in [4.69, 9.17) is 9.47 Å². The Kier molecular flexibility index (Phi) is 5.00. The van der Waals surface area contributed by atoms with Crippen molar-refractivity contribution in [3.8, 4) is 5.75 Å². The summed E-state index contributed by atoms with van der Waals surface area (Å²) in [5.41, 5.74) is 0.248. The van der Waals surface area contributed by atoms with Crippen LogP contribution < -0.4 is 4.74 Å². The molecule has 0 aliphatic rings. The smallest absolute Gasteiger partial charge is 0.310 e. The first-order valence-electron chi connectivity index (χ1n) is 5.47. The van der Waals surface area contributed by atoms with E-state index in [9.17, 15) is 13.6 Å². The van der Waals surface area contributed by atoms with Gasteiger partial charge in [-0.15, -0.1) is 0 Å². The summed E-state index contributed by atoms with van der Waals surface area (Å²) in [5, 5.41) is 0. The topological polar surface area (TPSA) is 48.4 Å². The van der Waals surface area contributed by atoms with Crippen LogP contribution in [0.2, 0.25) is 0 Å². The summed E-state index contributed by atoms with van der Waals surface area (Å²) < 4.78 is 35.5. The van der Waals surface area contributed by atoms with Gasteiger partial charge in [0.15, 0.2) is 0 Å². The van der Waals surface area contributed by atoms with Gasteiger partial charge in [-0.2, -0.15) is 0 Å². The molecule has 0 aliphatic heterocycles. The van der Waals surface area contributed by atoms with Crippen LogP contribution in [0.25, 0.3) is 0 Å². The standard InChI is InChI=1S/C12H15F2NO3/c1-4-18-9(16)5-8-10(12(13)14)15-6-7(2)11(8)17-3/h6,12H,4-5H2,1-3H3. The lowest BCUT2D eigenvalue weighted by Gasteiger charge is -2.14. The molecule has 0 saturated heterocycles. The predicted octanol–water partition coefficient (Wildman–Crippen LogP) is 2.44. The molecular weight excluding hydrogens is 244 g/mol. The number of halogens is 2. The van der Waals surface area contributed by atoms with Gasteiger partial charge in [-0.3, -0.25) is 9.78 Å². The van der Waals surface area contributed by atoms with Gasteiger partial charge in [0.1, 0.15) is 11.4 Å². The normalized spacial score (nSPS) is 10.6. The summed E-state index contributed by atoms with van der Waals surface area (Å²) in [7, 11) is 1.37. The van der Waals surface area contributed by atoms with Crippen LogP contribution in [0.3, 0.4) is 0 Å². The molecule has 0 aromatic carbocycles. The van der Waals surface area contributed by atoms with Crippen molar-refractivity contribution >= 4 is 5.97 Å². The lowest BCUT2D eigenvalue weighted by molar-refractivity contribution is -0.142. The Morgan fingerprint density at radius 3 is 2.67 bits per heavy atom. The summed E-state index contributed by atoms with van der Waals surface area (Å²) >= 11 is 0. The zero-order valence-corrected chi connectivity index (χ0v) is 10.5. The number of aromatic nitrogens is 1. The van der Waals surface area contributed by atoms with Crippen molar-refractivity contribution in [3.63, 3.8) is 0 Å². The molecule has 0 N–H and O–H groups in total. The van der Waals surface area contributed by atoms with Gasteiger partial charge in [0, 0.05) is 17.3 Å². The van der Waals surface area contributed by atoms with Gasteiger partial charge in [-0.25, -0.2) is 8.78 Å². The third kappa shape index (κ3) is 3.15. The summed E-state index contributed by atoms with van der Waals surface area (Å²) in [6.45, 7) is 3.53. The molecule has 0 saturated carbocycles. The van der Waals surface area contributed by atoms with Gasteiger partial charge < -0.3 is 9.47 Å². The summed E-state index contributed by atoms with van der Waals surface area (Å²) in [5.74, 6) is -0.321. The van der Waals surface area contributed by atoms with Gasteiger partial charge in [0.25, 0.3) is 6.43 Å².